The van der Waals surface area contributed by atoms with Gasteiger partial charge in [0.05, 0.1) is 10.5 Å². The molecular formula is C22H20ClN4O3S2+. The van der Waals surface area contributed by atoms with Crippen molar-refractivity contribution < 1.29 is 13.2 Å². The molecule has 2 aromatic carbocycles. The first-order valence-corrected chi connectivity index (χ1v) is 13.1. The quantitative estimate of drug-likeness (QED) is 0.361. The van der Waals surface area contributed by atoms with Gasteiger partial charge >= 0.3 is 0 Å². The maximum absolute atomic E-state index is 12.9. The topological polar surface area (TPSA) is 94.1 Å². The number of anilines is 1. The number of rotatable bonds is 7. The molecule has 4 aromatic rings. The van der Waals surface area contributed by atoms with Crippen LogP contribution < -0.4 is 9.46 Å². The van der Waals surface area contributed by atoms with E-state index in [-0.39, 0.29) is 33.7 Å². The summed E-state index contributed by atoms with van der Waals surface area (Å²) in [6, 6.07) is 14.6. The predicted octanol–water partition coefficient (Wildman–Crippen LogP) is 5.17. The van der Waals surface area contributed by atoms with Crippen LogP contribution in [-0.2, 0) is 22.9 Å². The number of hydrogen-bond donors (Lipinski definition) is 1. The first-order valence-electron chi connectivity index (χ1n) is 9.56. The third-order valence-electron chi connectivity index (χ3n) is 4.64. The van der Waals surface area contributed by atoms with Gasteiger partial charge in [0, 0.05) is 27.9 Å². The van der Waals surface area contributed by atoms with Gasteiger partial charge in [-0.05, 0) is 36.8 Å². The normalized spacial score (nSPS) is 11.9. The molecule has 1 atom stereocenters. The Balaban J connectivity index is 1.54. The monoisotopic (exact) mass is 487 g/mol. The van der Waals surface area contributed by atoms with Crippen LogP contribution in [0, 0.1) is 6.92 Å². The van der Waals surface area contributed by atoms with E-state index < -0.39 is 10.0 Å². The van der Waals surface area contributed by atoms with Gasteiger partial charge in [-0.15, -0.1) is 0 Å². The van der Waals surface area contributed by atoms with E-state index in [4.69, 9.17) is 21.3 Å². The second-order valence-electron chi connectivity index (χ2n) is 6.92. The van der Waals surface area contributed by atoms with E-state index >= 15 is 0 Å². The Hall–Kier alpha value is -3.01. The molecule has 0 saturated heterocycles. The van der Waals surface area contributed by atoms with Crippen LogP contribution in [0.1, 0.15) is 11.3 Å². The van der Waals surface area contributed by atoms with Gasteiger partial charge < -0.3 is 4.74 Å². The second-order valence-corrected chi connectivity index (χ2v) is 10.7. The van der Waals surface area contributed by atoms with Gasteiger partial charge in [-0.3, -0.25) is 4.72 Å². The summed E-state index contributed by atoms with van der Waals surface area (Å²) in [5.41, 5.74) is 2.26. The van der Waals surface area contributed by atoms with Crippen molar-refractivity contribution in [1.29, 1.82) is 0 Å². The standard InChI is InChI=1S/C22H20ClN4O3S2/c1-15-18(23)9-6-10-19(15)32(28,29)27-20-21(25-12-11-24-20)30-13-17-14-31(2)22(26-17)16-7-4-3-5-8-16/h3-12,14H,13H2,1-2H3,(H,24,27)/q+1. The maximum atomic E-state index is 12.9. The molecule has 4 rings (SSSR count). The number of halogens is 1. The SMILES string of the molecule is Cc1c(Cl)cccc1S(=O)(=O)Nc1nccnc1OCc1c[s+](C)c(-c2ccccc2)n1. The van der Waals surface area contributed by atoms with Crippen LogP contribution in [0.3, 0.4) is 0 Å². The van der Waals surface area contributed by atoms with Crippen LogP contribution in [0.2, 0.25) is 5.02 Å². The van der Waals surface area contributed by atoms with E-state index in [1.807, 2.05) is 35.7 Å². The van der Waals surface area contributed by atoms with Crippen LogP contribution in [0.4, 0.5) is 5.82 Å². The summed E-state index contributed by atoms with van der Waals surface area (Å²) in [5.74, 6) is 0.0595. The smallest absolute Gasteiger partial charge is 0.273 e. The van der Waals surface area contributed by atoms with E-state index in [9.17, 15) is 8.42 Å². The van der Waals surface area contributed by atoms with Gasteiger partial charge in [-0.2, -0.15) is 4.98 Å². The number of ether oxygens (including phenoxy) is 1. The number of nitrogens with one attached hydrogen (secondary N) is 1. The minimum absolute atomic E-state index is 0.00627. The first-order chi connectivity index (χ1) is 15.3. The lowest BCUT2D eigenvalue weighted by molar-refractivity contribution is 0.291. The summed E-state index contributed by atoms with van der Waals surface area (Å²) in [4.78, 5) is 13.0. The van der Waals surface area contributed by atoms with Crippen molar-refractivity contribution in [3.05, 3.63) is 82.6 Å². The molecule has 2 aromatic heterocycles. The fourth-order valence-corrected chi connectivity index (χ4v) is 6.01. The summed E-state index contributed by atoms with van der Waals surface area (Å²) < 4.78 is 34.1. The van der Waals surface area contributed by atoms with Crippen molar-refractivity contribution in [2.24, 2.45) is 6.26 Å². The number of nitrogens with zero attached hydrogens (tertiary/aromatic N) is 3. The number of sulfonamides is 1. The Morgan fingerprint density at radius 3 is 2.59 bits per heavy atom. The lowest BCUT2D eigenvalue weighted by Gasteiger charge is -2.12. The average Bonchev–Trinajstić information content (AvgIpc) is 3.16. The Kier molecular flexibility index (Phi) is 6.40. The van der Waals surface area contributed by atoms with Crippen molar-refractivity contribution in [2.45, 2.75) is 18.4 Å². The largest absolute Gasteiger partial charge is 0.468 e. The highest BCUT2D eigenvalue weighted by Crippen LogP contribution is 2.32. The second kappa shape index (κ2) is 9.23. The van der Waals surface area contributed by atoms with Crippen molar-refractivity contribution in [2.75, 3.05) is 4.72 Å². The van der Waals surface area contributed by atoms with Crippen molar-refractivity contribution >= 4 is 37.9 Å². The average molecular weight is 488 g/mol. The molecule has 7 nitrogen and oxygen atoms in total. The number of benzene rings is 2. The van der Waals surface area contributed by atoms with E-state index in [0.29, 0.717) is 10.6 Å². The number of aromatic nitrogens is 3. The highest BCUT2D eigenvalue weighted by atomic mass is 35.5. The molecule has 1 unspecified atom stereocenters. The summed E-state index contributed by atoms with van der Waals surface area (Å²) in [7, 11) is -4.09. The lowest BCUT2D eigenvalue weighted by atomic mass is 10.2. The van der Waals surface area contributed by atoms with Gasteiger partial charge in [0.25, 0.3) is 20.9 Å². The minimum atomic E-state index is -3.94. The summed E-state index contributed by atoms with van der Waals surface area (Å²) in [5, 5.41) is 3.39. The van der Waals surface area contributed by atoms with Gasteiger partial charge in [-0.1, -0.05) is 35.9 Å². The number of aryl methyl sites for hydroxylation is 1. The Labute approximate surface area is 194 Å². The van der Waals surface area contributed by atoms with Crippen LogP contribution in [-0.4, -0.2) is 23.4 Å². The zero-order valence-electron chi connectivity index (χ0n) is 17.3. The summed E-state index contributed by atoms with van der Waals surface area (Å²) in [6.45, 7) is 1.78. The third-order valence-corrected chi connectivity index (χ3v) is 8.10. The van der Waals surface area contributed by atoms with Crippen molar-refractivity contribution in [3.63, 3.8) is 0 Å². The predicted molar refractivity (Wildman–Crippen MR) is 126 cm³/mol. The zero-order valence-corrected chi connectivity index (χ0v) is 19.7. The molecule has 0 spiro atoms. The van der Waals surface area contributed by atoms with Crippen molar-refractivity contribution in [1.82, 2.24) is 15.0 Å². The molecule has 0 saturated carbocycles. The Morgan fingerprint density at radius 2 is 1.81 bits per heavy atom. The molecule has 0 aliphatic heterocycles. The molecule has 2 heterocycles. The summed E-state index contributed by atoms with van der Waals surface area (Å²) >= 11 is 6.08. The summed E-state index contributed by atoms with van der Waals surface area (Å²) in [6.07, 6.45) is 4.91. The number of hydrogen-bond acceptors (Lipinski definition) is 6. The van der Waals surface area contributed by atoms with Gasteiger partial charge in [0.15, 0.2) is 5.38 Å². The van der Waals surface area contributed by atoms with Crippen LogP contribution in [0.15, 0.2) is 71.2 Å². The van der Waals surface area contributed by atoms with Gasteiger partial charge in [-0.25, -0.2) is 18.4 Å². The molecule has 10 heteroatoms. The molecule has 164 valence electrons. The first kappa shape index (κ1) is 22.2. The molecule has 1 N–H and O–H groups in total. The molecular weight excluding hydrogens is 468 g/mol. The molecule has 0 aliphatic carbocycles. The molecule has 0 aliphatic rings. The van der Waals surface area contributed by atoms with Gasteiger partial charge in [0.2, 0.25) is 5.82 Å². The highest BCUT2D eigenvalue weighted by molar-refractivity contribution is 7.92. The molecule has 0 amide bonds. The third kappa shape index (κ3) is 4.74. The Morgan fingerprint density at radius 1 is 1.06 bits per heavy atom. The molecule has 0 bridgehead atoms. The van der Waals surface area contributed by atoms with E-state index in [1.165, 1.54) is 18.5 Å². The fourth-order valence-electron chi connectivity index (χ4n) is 3.09. The maximum Gasteiger partial charge on any atom is 0.273 e. The van der Waals surface area contributed by atoms with Crippen LogP contribution >= 0.6 is 22.1 Å². The highest BCUT2D eigenvalue weighted by Gasteiger charge is 2.22. The van der Waals surface area contributed by atoms with Crippen molar-refractivity contribution in [3.8, 4) is 16.5 Å². The van der Waals surface area contributed by atoms with Gasteiger partial charge in [0.1, 0.15) is 18.6 Å². The number of thiazole rings is 1. The molecule has 0 radical (unpaired) electrons. The fraction of sp³-hybridized carbons (Fsp3) is 0.136. The lowest BCUT2D eigenvalue weighted by Crippen LogP contribution is -2.16. The molecule has 32 heavy (non-hydrogen) atoms. The zero-order chi connectivity index (χ0) is 22.7. The minimum Gasteiger partial charge on any atom is -0.468 e. The Bertz CT molecular complexity index is 1360. The molecule has 0 fully saturated rings. The van der Waals surface area contributed by atoms with Crippen LogP contribution in [0.25, 0.3) is 10.6 Å². The van der Waals surface area contributed by atoms with E-state index in [0.717, 1.165) is 16.3 Å². The van der Waals surface area contributed by atoms with E-state index in [2.05, 4.69) is 20.9 Å². The van der Waals surface area contributed by atoms with Crippen LogP contribution in [0.5, 0.6) is 5.88 Å². The van der Waals surface area contributed by atoms with E-state index in [1.54, 1.807) is 19.1 Å².